The number of nitriles is 1. The van der Waals surface area contributed by atoms with Gasteiger partial charge in [0.1, 0.15) is 0 Å². The number of hydrogen-bond acceptors (Lipinski definition) is 5. The molecule has 1 aromatic heterocycles. The number of imidazole rings is 1. The van der Waals surface area contributed by atoms with Crippen LogP contribution in [0.2, 0.25) is 0 Å². The summed E-state index contributed by atoms with van der Waals surface area (Å²) in [6.07, 6.45) is 7.98. The summed E-state index contributed by atoms with van der Waals surface area (Å²) in [5.74, 6) is 1.72. The maximum atomic E-state index is 12.8. The van der Waals surface area contributed by atoms with Gasteiger partial charge in [0.15, 0.2) is 0 Å². The number of nitrogens with zero attached hydrogens (tertiary/aromatic N) is 4. The van der Waals surface area contributed by atoms with Crippen LogP contribution in [0.15, 0.2) is 36.8 Å². The Kier molecular flexibility index (Phi) is 7.66. The third kappa shape index (κ3) is 5.75. The van der Waals surface area contributed by atoms with Crippen LogP contribution >= 0.6 is 0 Å². The van der Waals surface area contributed by atoms with Crippen molar-refractivity contribution in [2.75, 3.05) is 32.8 Å². The van der Waals surface area contributed by atoms with Gasteiger partial charge in [-0.25, -0.2) is 9.78 Å². The molecule has 7 nitrogen and oxygen atoms in total. The smallest absolute Gasteiger partial charge is 0.409 e. The van der Waals surface area contributed by atoms with Crippen molar-refractivity contribution < 1.29 is 9.53 Å². The molecule has 0 spiro atoms. The number of ether oxygens (including phenoxy) is 1. The second-order valence-corrected chi connectivity index (χ2v) is 9.68. The number of amides is 1. The normalized spacial score (nSPS) is 23.1. The van der Waals surface area contributed by atoms with Crippen molar-refractivity contribution in [2.45, 2.75) is 45.6 Å². The average Bonchev–Trinajstić information content (AvgIpc) is 3.37. The van der Waals surface area contributed by atoms with Gasteiger partial charge >= 0.3 is 6.09 Å². The molecule has 1 amide bonds. The van der Waals surface area contributed by atoms with Gasteiger partial charge in [0, 0.05) is 32.4 Å². The highest BCUT2D eigenvalue weighted by atomic mass is 16.6. The molecule has 33 heavy (non-hydrogen) atoms. The summed E-state index contributed by atoms with van der Waals surface area (Å²) < 4.78 is 5.77. The third-order valence-corrected chi connectivity index (χ3v) is 7.58. The van der Waals surface area contributed by atoms with Gasteiger partial charge in [-0.15, -0.1) is 0 Å². The molecule has 2 fully saturated rings. The molecule has 1 saturated heterocycles. The van der Waals surface area contributed by atoms with Crippen molar-refractivity contribution in [3.63, 3.8) is 0 Å². The Hall–Kier alpha value is -2.85. The van der Waals surface area contributed by atoms with Crippen LogP contribution in [0.5, 0.6) is 0 Å². The number of hydrogen-bond donors (Lipinski definition) is 1. The third-order valence-electron chi connectivity index (χ3n) is 7.58. The molecule has 2 aromatic rings. The molecular weight excluding hydrogens is 414 g/mol. The molecule has 1 aliphatic heterocycles. The highest BCUT2D eigenvalue weighted by Crippen LogP contribution is 2.34. The number of aromatic nitrogens is 2. The molecule has 1 aliphatic carbocycles. The van der Waals surface area contributed by atoms with Gasteiger partial charge in [0.2, 0.25) is 0 Å². The van der Waals surface area contributed by atoms with E-state index in [1.165, 1.54) is 24.8 Å². The summed E-state index contributed by atoms with van der Waals surface area (Å²) >= 11 is 0. The summed E-state index contributed by atoms with van der Waals surface area (Å²) in [5.41, 5.74) is 2.91. The van der Waals surface area contributed by atoms with E-state index in [1.54, 1.807) is 6.33 Å². The van der Waals surface area contributed by atoms with E-state index < -0.39 is 0 Å². The minimum absolute atomic E-state index is 0.141. The van der Waals surface area contributed by atoms with Gasteiger partial charge in [-0.2, -0.15) is 5.26 Å². The van der Waals surface area contributed by atoms with Gasteiger partial charge < -0.3 is 14.6 Å². The first kappa shape index (κ1) is 23.3. The van der Waals surface area contributed by atoms with E-state index in [0.717, 1.165) is 25.2 Å². The summed E-state index contributed by atoms with van der Waals surface area (Å²) in [4.78, 5) is 24.5. The minimum Gasteiger partial charge on any atom is -0.449 e. The molecule has 1 unspecified atom stereocenters. The summed E-state index contributed by atoms with van der Waals surface area (Å²) in [7, 11) is 0. The zero-order chi connectivity index (χ0) is 23.2. The molecule has 0 radical (unpaired) electrons. The predicted octanol–water partition coefficient (Wildman–Crippen LogP) is 4.39. The van der Waals surface area contributed by atoms with Crippen LogP contribution < -0.4 is 0 Å². The van der Waals surface area contributed by atoms with Crippen LogP contribution in [-0.4, -0.2) is 58.6 Å². The maximum Gasteiger partial charge on any atom is 0.409 e. The molecule has 1 N–H and O–H groups in total. The van der Waals surface area contributed by atoms with E-state index in [9.17, 15) is 4.79 Å². The zero-order valence-electron chi connectivity index (χ0n) is 19.7. The van der Waals surface area contributed by atoms with Crippen LogP contribution in [0.1, 0.15) is 56.0 Å². The lowest BCUT2D eigenvalue weighted by Gasteiger charge is -2.39. The first-order valence-electron chi connectivity index (χ1n) is 12.2. The Balaban J connectivity index is 1.33. The number of benzene rings is 1. The number of carbonyl (C=O) groups is 1. The highest BCUT2D eigenvalue weighted by molar-refractivity contribution is 5.67. The number of piperazine rings is 1. The predicted molar refractivity (Wildman–Crippen MR) is 126 cm³/mol. The van der Waals surface area contributed by atoms with E-state index in [2.05, 4.69) is 34.8 Å². The first-order chi connectivity index (χ1) is 16.0. The van der Waals surface area contributed by atoms with Crippen molar-refractivity contribution in [1.29, 1.82) is 5.26 Å². The largest absolute Gasteiger partial charge is 0.449 e. The Morgan fingerprint density at radius 1 is 1.18 bits per heavy atom. The van der Waals surface area contributed by atoms with Crippen molar-refractivity contribution in [3.8, 4) is 6.07 Å². The SMILES string of the molecule is C[C@@H]1CCC[C@@H](C)C1COC(=O)N1CCN(C(Cc2ccc(C#N)cc2)c2cnc[nH]2)CC1. The van der Waals surface area contributed by atoms with Crippen LogP contribution in [-0.2, 0) is 11.2 Å². The number of aromatic amines is 1. The maximum absolute atomic E-state index is 12.8. The van der Waals surface area contributed by atoms with E-state index >= 15 is 0 Å². The zero-order valence-corrected chi connectivity index (χ0v) is 19.7. The van der Waals surface area contributed by atoms with E-state index in [1.807, 2.05) is 35.4 Å². The topological polar surface area (TPSA) is 85.2 Å². The van der Waals surface area contributed by atoms with Crippen molar-refractivity contribution in [1.82, 2.24) is 19.8 Å². The minimum atomic E-state index is -0.176. The van der Waals surface area contributed by atoms with Crippen LogP contribution in [0.4, 0.5) is 4.79 Å². The van der Waals surface area contributed by atoms with Gasteiger partial charge in [-0.05, 0) is 41.9 Å². The lowest BCUT2D eigenvalue weighted by molar-refractivity contribution is 0.0323. The average molecular weight is 450 g/mol. The summed E-state index contributed by atoms with van der Waals surface area (Å²) in [5, 5.41) is 9.06. The Morgan fingerprint density at radius 2 is 1.88 bits per heavy atom. The van der Waals surface area contributed by atoms with Crippen LogP contribution in [0, 0.1) is 29.1 Å². The molecule has 4 rings (SSSR count). The molecule has 1 aromatic carbocycles. The second kappa shape index (κ2) is 10.8. The highest BCUT2D eigenvalue weighted by Gasteiger charge is 2.31. The fourth-order valence-electron chi connectivity index (χ4n) is 5.38. The lowest BCUT2D eigenvalue weighted by Crippen LogP contribution is -2.50. The molecule has 176 valence electrons. The van der Waals surface area contributed by atoms with Crippen LogP contribution in [0.25, 0.3) is 0 Å². The number of rotatable bonds is 6. The van der Waals surface area contributed by atoms with Crippen molar-refractivity contribution in [3.05, 3.63) is 53.6 Å². The molecule has 7 heteroatoms. The Labute approximate surface area is 196 Å². The standard InChI is InChI=1S/C26H35N5O2/c1-19-4-3-5-20(2)23(19)17-33-26(32)31-12-10-30(11-13-31)25(24-16-28-18-29-24)14-21-6-8-22(15-27)9-7-21/h6-9,16,18-20,23,25H,3-5,10-14,17H2,1-2H3,(H,28,29)/t19-,20-,25?/m1/s1. The molecule has 0 bridgehead atoms. The molecule has 1 saturated carbocycles. The van der Waals surface area contributed by atoms with E-state index in [4.69, 9.17) is 10.00 Å². The molecule has 2 aliphatic rings. The Morgan fingerprint density at radius 3 is 2.48 bits per heavy atom. The van der Waals surface area contributed by atoms with Crippen molar-refractivity contribution in [2.24, 2.45) is 17.8 Å². The lowest BCUT2D eigenvalue weighted by atomic mass is 9.74. The van der Waals surface area contributed by atoms with E-state index in [-0.39, 0.29) is 12.1 Å². The van der Waals surface area contributed by atoms with Crippen molar-refractivity contribution >= 4 is 6.09 Å². The van der Waals surface area contributed by atoms with Crippen LogP contribution in [0.3, 0.4) is 0 Å². The van der Waals surface area contributed by atoms with Gasteiger partial charge in [-0.1, -0.05) is 45.2 Å². The second-order valence-electron chi connectivity index (χ2n) is 9.68. The number of nitrogens with one attached hydrogen (secondary N) is 1. The van der Waals surface area contributed by atoms with Gasteiger partial charge in [-0.3, -0.25) is 4.90 Å². The monoisotopic (exact) mass is 449 g/mol. The van der Waals surface area contributed by atoms with Gasteiger partial charge in [0.25, 0.3) is 0 Å². The number of H-pyrrole nitrogens is 1. The summed E-state index contributed by atoms with van der Waals surface area (Å²) in [6.45, 7) is 8.00. The number of carbonyl (C=O) groups excluding carboxylic acids is 1. The Bertz CT molecular complexity index is 919. The van der Waals surface area contributed by atoms with E-state index in [0.29, 0.717) is 43.0 Å². The molecule has 2 heterocycles. The first-order valence-corrected chi connectivity index (χ1v) is 12.2. The quantitative estimate of drug-likeness (QED) is 0.707. The molecule has 3 atom stereocenters. The van der Waals surface area contributed by atoms with Gasteiger partial charge in [0.05, 0.1) is 36.3 Å². The fourth-order valence-corrected chi connectivity index (χ4v) is 5.38. The summed E-state index contributed by atoms with van der Waals surface area (Å²) in [6, 6.07) is 10.1. The fraction of sp³-hybridized carbons (Fsp3) is 0.577. The molecular formula is C26H35N5O2.